The minimum absolute atomic E-state index is 0.0572. The highest BCUT2D eigenvalue weighted by Gasteiger charge is 2.09. The monoisotopic (exact) mass is 335 g/mol. The molecule has 0 N–H and O–H groups in total. The maximum absolute atomic E-state index is 11.5. The Morgan fingerprint density at radius 1 is 1.30 bits per heavy atom. The molecule has 1 heterocycles. The Morgan fingerprint density at radius 3 is 2.80 bits per heavy atom. The minimum atomic E-state index is -0.0707. The molecule has 0 spiro atoms. The van der Waals surface area contributed by atoms with Gasteiger partial charge in [-0.25, -0.2) is 0 Å². The molecule has 0 aliphatic rings. The number of pyridine rings is 1. The summed E-state index contributed by atoms with van der Waals surface area (Å²) in [7, 11) is 0. The van der Waals surface area contributed by atoms with Gasteiger partial charge in [-0.1, -0.05) is 22.0 Å². The molecule has 0 aliphatic carbocycles. The molecule has 0 unspecified atom stereocenters. The zero-order chi connectivity index (χ0) is 14.5. The van der Waals surface area contributed by atoms with Crippen LogP contribution in [0.25, 0.3) is 0 Å². The fraction of sp³-hybridized carbons (Fsp3) is 0.200. The molecule has 0 saturated heterocycles. The molecule has 0 atom stereocenters. The van der Waals surface area contributed by atoms with E-state index in [1.807, 2.05) is 6.07 Å². The van der Waals surface area contributed by atoms with Crippen molar-refractivity contribution in [1.82, 2.24) is 4.57 Å². The van der Waals surface area contributed by atoms with Crippen LogP contribution in [-0.4, -0.2) is 17.0 Å². The van der Waals surface area contributed by atoms with E-state index in [-0.39, 0.29) is 11.3 Å². The third-order valence-electron chi connectivity index (χ3n) is 2.81. The topological polar surface area (TPSA) is 48.3 Å². The molecule has 0 amide bonds. The number of carbonyl (C=O) groups excluding carboxylic acids is 1. The van der Waals surface area contributed by atoms with Crippen LogP contribution in [-0.2, 0) is 6.54 Å². The largest absolute Gasteiger partial charge is 0.491 e. The fourth-order valence-electron chi connectivity index (χ4n) is 1.80. The van der Waals surface area contributed by atoms with Crippen molar-refractivity contribution in [1.29, 1.82) is 0 Å². The molecular weight excluding hydrogens is 322 g/mol. The number of carbonyl (C=O) groups is 1. The summed E-state index contributed by atoms with van der Waals surface area (Å²) in [5.41, 5.74) is 0.457. The van der Waals surface area contributed by atoms with Crippen molar-refractivity contribution in [3.63, 3.8) is 0 Å². The second-order valence-electron chi connectivity index (χ2n) is 4.28. The zero-order valence-corrected chi connectivity index (χ0v) is 12.6. The summed E-state index contributed by atoms with van der Waals surface area (Å²) in [6.45, 7) is 2.26. The summed E-state index contributed by atoms with van der Waals surface area (Å²) < 4.78 is 8.00. The maximum atomic E-state index is 11.5. The molecule has 1 aromatic carbocycles. The summed E-state index contributed by atoms with van der Waals surface area (Å²) in [5.74, 6) is 0.475. The van der Waals surface area contributed by atoms with Crippen LogP contribution in [0.2, 0.25) is 0 Å². The molecule has 2 aromatic rings. The zero-order valence-electron chi connectivity index (χ0n) is 11.0. The molecule has 0 aliphatic heterocycles. The molecule has 2 rings (SSSR count). The summed E-state index contributed by atoms with van der Waals surface area (Å²) in [6.07, 6.45) is 1.71. The van der Waals surface area contributed by atoms with Crippen molar-refractivity contribution in [2.75, 3.05) is 6.61 Å². The summed E-state index contributed by atoms with van der Waals surface area (Å²) in [6, 6.07) is 10.3. The number of benzene rings is 1. The van der Waals surface area contributed by atoms with E-state index in [4.69, 9.17) is 4.74 Å². The Kier molecular flexibility index (Phi) is 4.74. The predicted octanol–water partition coefficient (Wildman–Crippen LogP) is 2.89. The van der Waals surface area contributed by atoms with Crippen LogP contribution in [0, 0.1) is 0 Å². The van der Waals surface area contributed by atoms with Gasteiger partial charge in [0.2, 0.25) is 0 Å². The SMILES string of the molecule is CC(=O)c1cc(Br)ccc1OCCn1ccccc1=O. The van der Waals surface area contributed by atoms with Gasteiger partial charge in [0.15, 0.2) is 5.78 Å². The molecule has 0 fully saturated rings. The van der Waals surface area contributed by atoms with Crippen LogP contribution in [0.4, 0.5) is 0 Å². The van der Waals surface area contributed by atoms with Gasteiger partial charge in [-0.2, -0.15) is 0 Å². The first-order chi connectivity index (χ1) is 9.58. The lowest BCUT2D eigenvalue weighted by molar-refractivity contribution is 0.101. The first-order valence-electron chi connectivity index (χ1n) is 6.16. The lowest BCUT2D eigenvalue weighted by Crippen LogP contribution is -2.21. The van der Waals surface area contributed by atoms with Crippen molar-refractivity contribution >= 4 is 21.7 Å². The van der Waals surface area contributed by atoms with Crippen LogP contribution < -0.4 is 10.3 Å². The van der Waals surface area contributed by atoms with Crippen LogP contribution >= 0.6 is 15.9 Å². The number of halogens is 1. The predicted molar refractivity (Wildman–Crippen MR) is 80.3 cm³/mol. The number of aromatic nitrogens is 1. The van der Waals surface area contributed by atoms with Crippen molar-refractivity contribution in [3.8, 4) is 5.75 Å². The van der Waals surface area contributed by atoms with E-state index in [1.165, 1.54) is 13.0 Å². The Balaban J connectivity index is 2.07. The molecule has 0 radical (unpaired) electrons. The van der Waals surface area contributed by atoms with Gasteiger partial charge in [0, 0.05) is 16.7 Å². The normalized spacial score (nSPS) is 10.3. The molecule has 4 nitrogen and oxygen atoms in total. The minimum Gasteiger partial charge on any atom is -0.491 e. The first-order valence-corrected chi connectivity index (χ1v) is 6.96. The molecule has 0 saturated carbocycles. The van der Waals surface area contributed by atoms with Crippen LogP contribution in [0.3, 0.4) is 0 Å². The molecule has 104 valence electrons. The van der Waals surface area contributed by atoms with Crippen molar-refractivity contribution in [3.05, 3.63) is 63.0 Å². The van der Waals surface area contributed by atoms with Crippen molar-refractivity contribution in [2.24, 2.45) is 0 Å². The molecular formula is C15H14BrNO3. The second-order valence-corrected chi connectivity index (χ2v) is 5.19. The summed E-state index contributed by atoms with van der Waals surface area (Å²) >= 11 is 3.33. The molecule has 1 aromatic heterocycles. The van der Waals surface area contributed by atoms with E-state index in [1.54, 1.807) is 35.0 Å². The summed E-state index contributed by atoms with van der Waals surface area (Å²) in [4.78, 5) is 23.1. The highest BCUT2D eigenvalue weighted by atomic mass is 79.9. The van der Waals surface area contributed by atoms with Gasteiger partial charge in [0.05, 0.1) is 12.1 Å². The fourth-order valence-corrected chi connectivity index (χ4v) is 2.16. The van der Waals surface area contributed by atoms with Crippen LogP contribution in [0.1, 0.15) is 17.3 Å². The number of ether oxygens (including phenoxy) is 1. The van der Waals surface area contributed by atoms with E-state index in [0.29, 0.717) is 24.5 Å². The van der Waals surface area contributed by atoms with Gasteiger partial charge in [-0.3, -0.25) is 9.59 Å². The van der Waals surface area contributed by atoms with Crippen molar-refractivity contribution in [2.45, 2.75) is 13.5 Å². The average Bonchev–Trinajstić information content (AvgIpc) is 2.42. The van der Waals surface area contributed by atoms with Gasteiger partial charge in [-0.05, 0) is 31.2 Å². The quantitative estimate of drug-likeness (QED) is 0.789. The van der Waals surface area contributed by atoms with Gasteiger partial charge in [0.1, 0.15) is 12.4 Å². The summed E-state index contributed by atoms with van der Waals surface area (Å²) in [5, 5.41) is 0. The Morgan fingerprint density at radius 2 is 2.10 bits per heavy atom. The third kappa shape index (κ3) is 3.57. The van der Waals surface area contributed by atoms with Crippen molar-refractivity contribution < 1.29 is 9.53 Å². The lowest BCUT2D eigenvalue weighted by Gasteiger charge is -2.11. The lowest BCUT2D eigenvalue weighted by atomic mass is 10.1. The molecule has 0 bridgehead atoms. The molecule has 20 heavy (non-hydrogen) atoms. The highest BCUT2D eigenvalue weighted by Crippen LogP contribution is 2.23. The average molecular weight is 336 g/mol. The van der Waals surface area contributed by atoms with Crippen LogP contribution in [0.5, 0.6) is 5.75 Å². The van der Waals surface area contributed by atoms with E-state index >= 15 is 0 Å². The van der Waals surface area contributed by atoms with Gasteiger partial charge >= 0.3 is 0 Å². The number of nitrogens with zero attached hydrogens (tertiary/aromatic N) is 1. The number of ketones is 1. The number of hydrogen-bond donors (Lipinski definition) is 0. The third-order valence-corrected chi connectivity index (χ3v) is 3.30. The van der Waals surface area contributed by atoms with Gasteiger partial charge in [0.25, 0.3) is 5.56 Å². The van der Waals surface area contributed by atoms with E-state index in [2.05, 4.69) is 15.9 Å². The number of Topliss-reactive ketones (excluding diaryl/α,β-unsaturated/α-hetero) is 1. The Labute approximate surface area is 125 Å². The van der Waals surface area contributed by atoms with Crippen LogP contribution in [0.15, 0.2) is 51.9 Å². The number of hydrogen-bond acceptors (Lipinski definition) is 3. The Hall–Kier alpha value is -1.88. The van der Waals surface area contributed by atoms with Gasteiger partial charge < -0.3 is 9.30 Å². The second kappa shape index (κ2) is 6.52. The highest BCUT2D eigenvalue weighted by molar-refractivity contribution is 9.10. The standard InChI is InChI=1S/C15H14BrNO3/c1-11(18)13-10-12(16)5-6-14(13)20-9-8-17-7-3-2-4-15(17)19/h2-7,10H,8-9H2,1H3. The first kappa shape index (κ1) is 14.5. The Bertz CT molecular complexity index is 679. The maximum Gasteiger partial charge on any atom is 0.250 e. The van der Waals surface area contributed by atoms with E-state index < -0.39 is 0 Å². The van der Waals surface area contributed by atoms with Gasteiger partial charge in [-0.15, -0.1) is 0 Å². The van der Waals surface area contributed by atoms with E-state index in [9.17, 15) is 9.59 Å². The number of rotatable bonds is 5. The molecule has 5 heteroatoms. The smallest absolute Gasteiger partial charge is 0.250 e. The van der Waals surface area contributed by atoms with E-state index in [0.717, 1.165) is 4.47 Å².